The van der Waals surface area contributed by atoms with Crippen LogP contribution in [0.25, 0.3) is 10.8 Å². The number of hydrogen-bond donors (Lipinski definition) is 3. The van der Waals surface area contributed by atoms with E-state index in [-0.39, 0.29) is 11.1 Å². The van der Waals surface area contributed by atoms with E-state index in [1.807, 2.05) is 0 Å². The van der Waals surface area contributed by atoms with Crippen molar-refractivity contribution in [2.75, 3.05) is 0 Å². The number of carboxylic acid groups (broad SMARTS) is 2. The average Bonchev–Trinajstić information content (AvgIpc) is 2.45. The normalized spacial score (nSPS) is 11.9. The van der Waals surface area contributed by atoms with Gasteiger partial charge in [0.05, 0.1) is 5.56 Å². The largest absolute Gasteiger partial charge is 0.480 e. The maximum absolute atomic E-state index is 12.2. The maximum atomic E-state index is 12.2. The smallest absolute Gasteiger partial charge is 0.336 e. The first kappa shape index (κ1) is 14.5. The Bertz CT molecular complexity index is 733. The van der Waals surface area contributed by atoms with Crippen LogP contribution in [-0.2, 0) is 4.79 Å². The van der Waals surface area contributed by atoms with E-state index in [4.69, 9.17) is 5.11 Å². The van der Waals surface area contributed by atoms with Crippen molar-refractivity contribution in [3.05, 3.63) is 47.5 Å². The molecular weight excluding hydrogens is 274 g/mol. The lowest BCUT2D eigenvalue weighted by Crippen LogP contribution is -2.38. The van der Waals surface area contributed by atoms with Gasteiger partial charge in [-0.05, 0) is 24.4 Å². The predicted molar refractivity (Wildman–Crippen MR) is 75.5 cm³/mol. The summed E-state index contributed by atoms with van der Waals surface area (Å²) in [5.41, 5.74) is 0.139. The summed E-state index contributed by atoms with van der Waals surface area (Å²) < 4.78 is 0. The van der Waals surface area contributed by atoms with E-state index >= 15 is 0 Å². The van der Waals surface area contributed by atoms with Crippen LogP contribution < -0.4 is 5.32 Å². The summed E-state index contributed by atoms with van der Waals surface area (Å²) in [6.07, 6.45) is 0. The molecule has 0 aliphatic carbocycles. The Kier molecular flexibility index (Phi) is 3.89. The van der Waals surface area contributed by atoms with Crippen molar-refractivity contribution in [2.24, 2.45) is 0 Å². The topological polar surface area (TPSA) is 104 Å². The van der Waals surface area contributed by atoms with Gasteiger partial charge in [0.2, 0.25) is 0 Å². The summed E-state index contributed by atoms with van der Waals surface area (Å²) in [5, 5.41) is 21.3. The minimum Gasteiger partial charge on any atom is -0.480 e. The minimum absolute atomic E-state index is 0.00114. The summed E-state index contributed by atoms with van der Waals surface area (Å²) in [7, 11) is 0. The molecule has 0 heterocycles. The first-order valence-electron chi connectivity index (χ1n) is 6.20. The van der Waals surface area contributed by atoms with Gasteiger partial charge in [0, 0.05) is 10.9 Å². The van der Waals surface area contributed by atoms with E-state index in [0.717, 1.165) is 0 Å². The molecule has 6 heteroatoms. The third kappa shape index (κ3) is 2.84. The lowest BCUT2D eigenvalue weighted by Gasteiger charge is -2.12. The molecule has 0 spiro atoms. The number of amides is 1. The van der Waals surface area contributed by atoms with Crippen molar-refractivity contribution < 1.29 is 24.6 Å². The number of hydrogen-bond acceptors (Lipinski definition) is 3. The molecule has 3 N–H and O–H groups in total. The van der Waals surface area contributed by atoms with Gasteiger partial charge in [-0.2, -0.15) is 0 Å². The molecule has 0 radical (unpaired) electrons. The molecule has 0 saturated heterocycles. The van der Waals surface area contributed by atoms with E-state index in [0.29, 0.717) is 10.8 Å². The van der Waals surface area contributed by atoms with Crippen molar-refractivity contribution in [1.29, 1.82) is 0 Å². The fraction of sp³-hybridized carbons (Fsp3) is 0.133. The van der Waals surface area contributed by atoms with E-state index in [1.165, 1.54) is 19.1 Å². The van der Waals surface area contributed by atoms with Crippen LogP contribution in [-0.4, -0.2) is 34.1 Å². The van der Waals surface area contributed by atoms with Crippen LogP contribution in [0.5, 0.6) is 0 Å². The second-order valence-corrected chi connectivity index (χ2v) is 4.55. The number of carbonyl (C=O) groups is 3. The van der Waals surface area contributed by atoms with Crippen molar-refractivity contribution in [3.63, 3.8) is 0 Å². The number of carbonyl (C=O) groups excluding carboxylic acids is 1. The van der Waals surface area contributed by atoms with Gasteiger partial charge in [0.25, 0.3) is 5.91 Å². The molecule has 0 saturated carbocycles. The fourth-order valence-corrected chi connectivity index (χ4v) is 2.04. The monoisotopic (exact) mass is 287 g/mol. The van der Waals surface area contributed by atoms with Crippen LogP contribution in [0.3, 0.4) is 0 Å². The number of carboxylic acids is 2. The van der Waals surface area contributed by atoms with Gasteiger partial charge < -0.3 is 15.5 Å². The summed E-state index contributed by atoms with van der Waals surface area (Å²) in [4.78, 5) is 34.3. The van der Waals surface area contributed by atoms with E-state index < -0.39 is 23.9 Å². The van der Waals surface area contributed by atoms with Gasteiger partial charge in [0.1, 0.15) is 6.04 Å². The van der Waals surface area contributed by atoms with Crippen LogP contribution in [0.1, 0.15) is 27.6 Å². The summed E-state index contributed by atoms with van der Waals surface area (Å²) in [6.45, 7) is 1.34. The highest BCUT2D eigenvalue weighted by atomic mass is 16.4. The van der Waals surface area contributed by atoms with E-state index in [2.05, 4.69) is 5.32 Å². The highest BCUT2D eigenvalue weighted by Gasteiger charge is 2.19. The maximum Gasteiger partial charge on any atom is 0.336 e. The van der Waals surface area contributed by atoms with Crippen LogP contribution in [0.15, 0.2) is 36.4 Å². The molecule has 6 nitrogen and oxygen atoms in total. The second kappa shape index (κ2) is 5.62. The Balaban J connectivity index is 2.56. The van der Waals surface area contributed by atoms with Crippen LogP contribution in [0.2, 0.25) is 0 Å². The zero-order chi connectivity index (χ0) is 15.6. The molecule has 1 unspecified atom stereocenters. The summed E-state index contributed by atoms with van der Waals surface area (Å²) >= 11 is 0. The third-order valence-corrected chi connectivity index (χ3v) is 3.10. The number of rotatable bonds is 4. The molecule has 0 bridgehead atoms. The zero-order valence-corrected chi connectivity index (χ0v) is 11.2. The molecule has 1 atom stereocenters. The van der Waals surface area contributed by atoms with Crippen LogP contribution in [0.4, 0.5) is 0 Å². The third-order valence-electron chi connectivity index (χ3n) is 3.10. The number of aliphatic carboxylic acids is 1. The molecular formula is C15H13NO5. The number of nitrogens with one attached hydrogen (secondary N) is 1. The highest BCUT2D eigenvalue weighted by molar-refractivity contribution is 6.14. The van der Waals surface area contributed by atoms with Gasteiger partial charge >= 0.3 is 11.9 Å². The molecule has 21 heavy (non-hydrogen) atoms. The Labute approximate surface area is 120 Å². The zero-order valence-electron chi connectivity index (χ0n) is 11.2. The first-order chi connectivity index (χ1) is 9.91. The van der Waals surface area contributed by atoms with Crippen molar-refractivity contribution in [1.82, 2.24) is 5.32 Å². The lowest BCUT2D eigenvalue weighted by atomic mass is 9.98. The van der Waals surface area contributed by atoms with Gasteiger partial charge in [0.15, 0.2) is 0 Å². The van der Waals surface area contributed by atoms with Gasteiger partial charge in [-0.25, -0.2) is 4.79 Å². The molecule has 0 aliphatic rings. The second-order valence-electron chi connectivity index (χ2n) is 4.55. The van der Waals surface area contributed by atoms with Crippen molar-refractivity contribution in [3.8, 4) is 0 Å². The predicted octanol–water partition coefficient (Wildman–Crippen LogP) is 1.74. The van der Waals surface area contributed by atoms with E-state index in [9.17, 15) is 19.5 Å². The fourth-order valence-electron chi connectivity index (χ4n) is 2.04. The van der Waals surface area contributed by atoms with Gasteiger partial charge in [-0.1, -0.05) is 24.3 Å². The Morgan fingerprint density at radius 1 is 1.00 bits per heavy atom. The number of fused-ring (bicyclic) bond motifs is 1. The summed E-state index contributed by atoms with van der Waals surface area (Å²) in [6, 6.07) is 8.41. The number of benzene rings is 2. The van der Waals surface area contributed by atoms with Crippen molar-refractivity contribution in [2.45, 2.75) is 13.0 Å². The molecule has 108 valence electrons. The summed E-state index contributed by atoms with van der Waals surface area (Å²) in [5.74, 6) is -2.93. The molecule has 0 fully saturated rings. The lowest BCUT2D eigenvalue weighted by molar-refractivity contribution is -0.138. The highest BCUT2D eigenvalue weighted by Crippen LogP contribution is 2.23. The molecule has 1 amide bonds. The molecule has 0 aromatic heterocycles. The minimum atomic E-state index is -1.16. The SMILES string of the molecule is CC(NC(=O)c1cccc2cccc(C(=O)O)c12)C(=O)O. The standard InChI is InChI=1S/C15H13NO5/c1-8(14(18)19)16-13(17)10-6-2-4-9-5-3-7-11(12(9)10)15(20)21/h2-8H,1H3,(H,16,17)(H,18,19)(H,20,21). The molecule has 0 aliphatic heterocycles. The first-order valence-corrected chi connectivity index (χ1v) is 6.20. The van der Waals surface area contributed by atoms with Gasteiger partial charge in [-0.3, -0.25) is 9.59 Å². The Morgan fingerprint density at radius 2 is 1.57 bits per heavy atom. The average molecular weight is 287 g/mol. The van der Waals surface area contributed by atoms with Crippen LogP contribution >= 0.6 is 0 Å². The molecule has 2 aromatic carbocycles. The van der Waals surface area contributed by atoms with Gasteiger partial charge in [-0.15, -0.1) is 0 Å². The molecule has 2 aromatic rings. The Hall–Kier alpha value is -2.89. The van der Waals surface area contributed by atoms with Crippen molar-refractivity contribution >= 4 is 28.6 Å². The quantitative estimate of drug-likeness (QED) is 0.794. The number of aromatic carboxylic acids is 1. The molecule has 2 rings (SSSR count). The van der Waals surface area contributed by atoms with E-state index in [1.54, 1.807) is 24.3 Å². The Morgan fingerprint density at radius 3 is 2.10 bits per heavy atom. The van der Waals surface area contributed by atoms with Crippen LogP contribution in [0, 0.1) is 0 Å².